The molecule has 0 bridgehead atoms. The van der Waals surface area contributed by atoms with Crippen LogP contribution in [0.1, 0.15) is 35.6 Å². The van der Waals surface area contributed by atoms with E-state index >= 15 is 0 Å². The highest BCUT2D eigenvalue weighted by Gasteiger charge is 2.45. The molecular weight excluding hydrogens is 444 g/mol. The molecule has 8 heteroatoms. The standard InChI is InChI=1S/C27H22N4O4/c1-2-27(34)20-12-22-23-17(13-31(22)25(32)19(20)14-35-26(27)33)10-16-11-18(8-9-21(16)30-23)29-24(28)15-6-4-3-5-7-15/h3-12,34H,2,13-14H2,1H3,(H2,28,29)/t27-/m0/s1. The first-order chi connectivity index (χ1) is 16.9. The minimum Gasteiger partial charge on any atom is -0.458 e. The van der Waals surface area contributed by atoms with Gasteiger partial charge in [0.1, 0.15) is 12.4 Å². The van der Waals surface area contributed by atoms with Gasteiger partial charge >= 0.3 is 5.97 Å². The Kier molecular flexibility index (Phi) is 4.62. The first-order valence-corrected chi connectivity index (χ1v) is 11.4. The molecule has 0 unspecified atom stereocenters. The molecule has 1 atom stereocenters. The number of cyclic esters (lactones) is 1. The molecule has 2 aromatic heterocycles. The third kappa shape index (κ3) is 3.18. The van der Waals surface area contributed by atoms with Crippen molar-refractivity contribution in [1.82, 2.24) is 9.55 Å². The van der Waals surface area contributed by atoms with Crippen LogP contribution in [0, 0.1) is 0 Å². The van der Waals surface area contributed by atoms with Crippen molar-refractivity contribution in [1.29, 1.82) is 0 Å². The highest BCUT2D eigenvalue weighted by molar-refractivity contribution is 5.99. The maximum atomic E-state index is 13.3. The van der Waals surface area contributed by atoms with E-state index < -0.39 is 11.6 Å². The third-order valence-electron chi connectivity index (χ3n) is 6.81. The van der Waals surface area contributed by atoms with E-state index in [4.69, 9.17) is 15.5 Å². The number of rotatable bonds is 3. The molecule has 3 N–H and O–H groups in total. The Morgan fingerprint density at radius 1 is 1.17 bits per heavy atom. The SMILES string of the molecule is CC[C@@]1(O)C(=O)OCc2c1cc1n(c2=O)Cc2cc3cc(N=C(N)c4ccccc4)ccc3nc2-1. The Morgan fingerprint density at radius 3 is 2.74 bits per heavy atom. The van der Waals surface area contributed by atoms with Gasteiger partial charge in [-0.1, -0.05) is 37.3 Å². The number of fused-ring (bicyclic) bond motifs is 5. The molecule has 0 saturated carbocycles. The van der Waals surface area contributed by atoms with E-state index in [1.54, 1.807) is 17.6 Å². The summed E-state index contributed by atoms with van der Waals surface area (Å²) in [7, 11) is 0. The highest BCUT2D eigenvalue weighted by atomic mass is 16.6. The number of amidine groups is 1. The molecule has 8 nitrogen and oxygen atoms in total. The van der Waals surface area contributed by atoms with E-state index in [2.05, 4.69) is 4.99 Å². The van der Waals surface area contributed by atoms with Gasteiger partial charge in [0.25, 0.3) is 5.56 Å². The Morgan fingerprint density at radius 2 is 1.97 bits per heavy atom. The van der Waals surface area contributed by atoms with Crippen LogP contribution >= 0.6 is 0 Å². The van der Waals surface area contributed by atoms with E-state index in [1.807, 2.05) is 54.6 Å². The fraction of sp³-hybridized carbons (Fsp3) is 0.185. The van der Waals surface area contributed by atoms with Gasteiger partial charge in [0.05, 0.1) is 34.7 Å². The molecule has 174 valence electrons. The number of carbonyl (C=O) groups is 1. The van der Waals surface area contributed by atoms with Gasteiger partial charge in [-0.3, -0.25) is 4.79 Å². The molecule has 4 aromatic rings. The average Bonchev–Trinajstić information content (AvgIpc) is 3.23. The molecule has 6 rings (SSSR count). The quantitative estimate of drug-likeness (QED) is 0.240. The van der Waals surface area contributed by atoms with Crippen LogP contribution in [0.25, 0.3) is 22.3 Å². The van der Waals surface area contributed by atoms with Crippen LogP contribution in [-0.4, -0.2) is 26.5 Å². The Labute approximate surface area is 200 Å². The van der Waals surface area contributed by atoms with E-state index in [0.29, 0.717) is 40.6 Å². The van der Waals surface area contributed by atoms with E-state index in [1.165, 1.54) is 0 Å². The van der Waals surface area contributed by atoms with Gasteiger partial charge in [-0.2, -0.15) is 0 Å². The predicted octanol–water partition coefficient (Wildman–Crippen LogP) is 3.12. The van der Waals surface area contributed by atoms with Crippen LogP contribution in [0.4, 0.5) is 5.69 Å². The number of carbonyl (C=O) groups excluding carboxylic acids is 1. The number of aromatic nitrogens is 2. The van der Waals surface area contributed by atoms with Crippen LogP contribution in [0.15, 0.2) is 70.5 Å². The summed E-state index contributed by atoms with van der Waals surface area (Å²) in [5.41, 5.74) is 9.09. The van der Waals surface area contributed by atoms with Crippen molar-refractivity contribution in [3.8, 4) is 11.4 Å². The maximum Gasteiger partial charge on any atom is 0.343 e. The van der Waals surface area contributed by atoms with E-state index in [0.717, 1.165) is 22.0 Å². The number of ether oxygens (including phenoxy) is 1. The summed E-state index contributed by atoms with van der Waals surface area (Å²) in [6, 6.07) is 18.9. The molecule has 2 aliphatic rings. The molecule has 2 aromatic carbocycles. The Hall–Kier alpha value is -4.30. The fourth-order valence-electron chi connectivity index (χ4n) is 4.86. The average molecular weight is 466 g/mol. The fourth-order valence-corrected chi connectivity index (χ4v) is 4.86. The normalized spacial score (nSPS) is 18.7. The van der Waals surface area contributed by atoms with E-state index in [9.17, 15) is 14.7 Å². The van der Waals surface area contributed by atoms with Gasteiger partial charge in [-0.15, -0.1) is 0 Å². The second-order valence-corrected chi connectivity index (χ2v) is 8.84. The molecule has 0 saturated heterocycles. The lowest BCUT2D eigenvalue weighted by Gasteiger charge is -2.31. The second kappa shape index (κ2) is 7.61. The van der Waals surface area contributed by atoms with Crippen LogP contribution in [0.2, 0.25) is 0 Å². The summed E-state index contributed by atoms with van der Waals surface area (Å²) in [6.07, 6.45) is 0.106. The molecule has 0 spiro atoms. The number of benzene rings is 2. The third-order valence-corrected chi connectivity index (χ3v) is 6.81. The van der Waals surface area contributed by atoms with Crippen molar-refractivity contribution < 1.29 is 14.6 Å². The zero-order valence-electron chi connectivity index (χ0n) is 19.0. The topological polar surface area (TPSA) is 120 Å². The lowest BCUT2D eigenvalue weighted by molar-refractivity contribution is -0.172. The monoisotopic (exact) mass is 466 g/mol. The number of hydrogen-bond acceptors (Lipinski definition) is 6. The van der Waals surface area contributed by atoms with Crippen LogP contribution in [-0.2, 0) is 28.3 Å². The molecule has 0 amide bonds. The van der Waals surface area contributed by atoms with Gasteiger partial charge in [0.2, 0.25) is 0 Å². The van der Waals surface area contributed by atoms with Crippen LogP contribution in [0.3, 0.4) is 0 Å². The molecule has 35 heavy (non-hydrogen) atoms. The zero-order chi connectivity index (χ0) is 24.3. The van der Waals surface area contributed by atoms with Gasteiger partial charge in [0, 0.05) is 22.1 Å². The van der Waals surface area contributed by atoms with E-state index in [-0.39, 0.29) is 18.6 Å². The molecule has 4 heterocycles. The number of aliphatic hydroxyl groups is 1. The number of pyridine rings is 2. The predicted molar refractivity (Wildman–Crippen MR) is 131 cm³/mol. The Bertz CT molecular complexity index is 1620. The minimum atomic E-state index is -1.84. The molecule has 2 aliphatic heterocycles. The van der Waals surface area contributed by atoms with Gasteiger partial charge < -0.3 is 20.1 Å². The number of aliphatic imine (C=N–C) groups is 1. The summed E-state index contributed by atoms with van der Waals surface area (Å²) < 4.78 is 6.75. The molecule has 0 aliphatic carbocycles. The van der Waals surface area contributed by atoms with Crippen molar-refractivity contribution >= 4 is 28.4 Å². The van der Waals surface area contributed by atoms with Crippen molar-refractivity contribution in [2.75, 3.05) is 0 Å². The lowest BCUT2D eigenvalue weighted by atomic mass is 9.86. The van der Waals surface area contributed by atoms with Crippen molar-refractivity contribution in [2.45, 2.75) is 32.1 Å². The lowest BCUT2D eigenvalue weighted by Crippen LogP contribution is -2.44. The molecule has 0 radical (unpaired) electrons. The Balaban J connectivity index is 1.45. The summed E-state index contributed by atoms with van der Waals surface area (Å²) in [5, 5.41) is 11.9. The van der Waals surface area contributed by atoms with Crippen molar-refractivity contribution in [2.24, 2.45) is 10.7 Å². The number of nitrogens with zero attached hydrogens (tertiary/aromatic N) is 3. The highest BCUT2D eigenvalue weighted by Crippen LogP contribution is 2.38. The zero-order valence-corrected chi connectivity index (χ0v) is 19.0. The number of hydrogen-bond donors (Lipinski definition) is 2. The van der Waals surface area contributed by atoms with Gasteiger partial charge in [0.15, 0.2) is 5.60 Å². The largest absolute Gasteiger partial charge is 0.458 e. The second-order valence-electron chi connectivity index (χ2n) is 8.84. The van der Waals surface area contributed by atoms with Gasteiger partial charge in [-0.25, -0.2) is 14.8 Å². The van der Waals surface area contributed by atoms with Crippen LogP contribution < -0.4 is 11.3 Å². The number of nitrogens with two attached hydrogens (primary N) is 1. The number of esters is 1. The minimum absolute atomic E-state index is 0.106. The first-order valence-electron chi connectivity index (χ1n) is 11.4. The molecular formula is C27H22N4O4. The summed E-state index contributed by atoms with van der Waals surface area (Å²) in [4.78, 5) is 35.0. The van der Waals surface area contributed by atoms with Crippen LogP contribution in [0.5, 0.6) is 0 Å². The van der Waals surface area contributed by atoms with Gasteiger partial charge in [-0.05, 0) is 36.8 Å². The van der Waals surface area contributed by atoms with Crippen molar-refractivity contribution in [3.63, 3.8) is 0 Å². The van der Waals surface area contributed by atoms with Crippen molar-refractivity contribution in [3.05, 3.63) is 93.3 Å². The molecule has 0 fully saturated rings. The summed E-state index contributed by atoms with van der Waals surface area (Å²) in [6.45, 7) is 1.88. The smallest absolute Gasteiger partial charge is 0.343 e. The summed E-state index contributed by atoms with van der Waals surface area (Å²) in [5.74, 6) is -0.312. The first kappa shape index (κ1) is 21.2. The maximum absolute atomic E-state index is 13.3. The summed E-state index contributed by atoms with van der Waals surface area (Å²) >= 11 is 0.